The molecule has 1 aromatic carbocycles. The maximum absolute atomic E-state index is 7.24. The van der Waals surface area contributed by atoms with Gasteiger partial charge < -0.3 is 0 Å². The summed E-state index contributed by atoms with van der Waals surface area (Å²) in [5, 5.41) is 7.24. The molecule has 1 aromatic rings. The van der Waals surface area contributed by atoms with Crippen LogP contribution in [0, 0.1) is 5.16 Å². The molecule has 0 saturated carbocycles. The summed E-state index contributed by atoms with van der Waals surface area (Å²) in [5.74, 6) is 0.950. The van der Waals surface area contributed by atoms with E-state index in [0.717, 1.165) is 44.3 Å². The van der Waals surface area contributed by atoms with Crippen molar-refractivity contribution in [3.05, 3.63) is 29.8 Å². The van der Waals surface area contributed by atoms with Gasteiger partial charge in [0.15, 0.2) is 0 Å². The summed E-state index contributed by atoms with van der Waals surface area (Å²) >= 11 is 0.929. The zero-order chi connectivity index (χ0) is 10.9. The van der Waals surface area contributed by atoms with Crippen LogP contribution >= 0.6 is 8.52 Å². The van der Waals surface area contributed by atoms with Gasteiger partial charge in [-0.3, -0.25) is 0 Å². The van der Waals surface area contributed by atoms with E-state index < -0.39 is 0 Å². The Bertz CT molecular complexity index is 362. The number of rotatable bonds is 3. The Balaban J connectivity index is 2.13. The molecule has 80 valence electrons. The Hall–Kier alpha value is -0.0239. The molecule has 1 fully saturated rings. The van der Waals surface area contributed by atoms with Crippen LogP contribution in [0.25, 0.3) is 0 Å². The molecule has 1 aliphatic rings. The Kier molecular flexibility index (Phi) is 3.41. The predicted octanol–water partition coefficient (Wildman–Crippen LogP) is 2.08. The Morgan fingerprint density at radius 3 is 2.47 bits per heavy atom. The molecule has 0 aliphatic carbocycles. The molecule has 1 aliphatic heterocycles. The van der Waals surface area contributed by atoms with Gasteiger partial charge in [0.2, 0.25) is 0 Å². The molecule has 0 amide bonds. The van der Waals surface area contributed by atoms with Gasteiger partial charge in [0.25, 0.3) is 0 Å². The van der Waals surface area contributed by atoms with Crippen molar-refractivity contribution in [1.29, 1.82) is 5.16 Å². The van der Waals surface area contributed by atoms with Crippen LogP contribution in [0.5, 0.6) is 5.75 Å². The fraction of sp³-hybridized carbons (Fsp3) is 0.400. The van der Waals surface area contributed by atoms with Gasteiger partial charge in [-0.25, -0.2) is 0 Å². The van der Waals surface area contributed by atoms with Crippen molar-refractivity contribution in [2.24, 2.45) is 0 Å². The van der Waals surface area contributed by atoms with E-state index in [4.69, 9.17) is 7.93 Å². The molecule has 1 N–H and O–H groups in total. The fourth-order valence-electron chi connectivity index (χ4n) is 1.93. The zero-order valence-corrected chi connectivity index (χ0v) is 12.8. The van der Waals surface area contributed by atoms with Crippen molar-refractivity contribution in [3.63, 3.8) is 0 Å². The molecule has 0 spiro atoms. The van der Waals surface area contributed by atoms with Crippen molar-refractivity contribution >= 4 is 34.0 Å². The summed E-state index contributed by atoms with van der Waals surface area (Å²) in [6, 6.07) is 8.34. The van der Waals surface area contributed by atoms with E-state index >= 15 is 0 Å². The van der Waals surface area contributed by atoms with Crippen LogP contribution in [-0.4, -0.2) is 43.3 Å². The minimum absolute atomic E-state index is 0.232. The van der Waals surface area contributed by atoms with Crippen LogP contribution in [0.2, 0.25) is 0 Å². The normalized spacial score (nSPS) is 19.9. The van der Waals surface area contributed by atoms with Crippen LogP contribution < -0.4 is 2.77 Å². The van der Waals surface area contributed by atoms with Gasteiger partial charge >= 0.3 is 108 Å². The van der Waals surface area contributed by atoms with Crippen molar-refractivity contribution in [1.82, 2.24) is 4.67 Å². The average molecular weight is 417 g/mol. The second kappa shape index (κ2) is 4.46. The molecule has 1 saturated heterocycles. The number of hydrogen-bond acceptors (Lipinski definition) is 2. The summed E-state index contributed by atoms with van der Waals surface area (Å²) in [4.78, 5) is 0. The van der Waals surface area contributed by atoms with Crippen molar-refractivity contribution in [3.8, 4) is 5.75 Å². The third kappa shape index (κ3) is 2.23. The molecule has 0 atom stereocenters. The van der Waals surface area contributed by atoms with Gasteiger partial charge in [-0.05, 0) is 0 Å². The first-order valence-electron chi connectivity index (χ1n) is 4.72. The summed E-state index contributed by atoms with van der Waals surface area (Å²) in [6.45, 7) is 4.22. The van der Waals surface area contributed by atoms with Gasteiger partial charge in [-0.15, -0.1) is 0 Å². The summed E-state index contributed by atoms with van der Waals surface area (Å²) in [6.07, 6.45) is 0. The van der Waals surface area contributed by atoms with E-state index in [-0.39, 0.29) is 5.41 Å². The minimum atomic E-state index is 0.232. The SMILES string of the molecule is CC1(c2ccc([O][PoH])cc2)CN(P=N)C1. The summed E-state index contributed by atoms with van der Waals surface area (Å²) < 4.78 is 7.35. The van der Waals surface area contributed by atoms with Gasteiger partial charge in [-0.2, -0.15) is 0 Å². The standard InChI is InChI=1S/C10H13N2OP.Po.H/c1-10(6-12(7-10)14-11)8-2-4-9(13)5-3-8;;/h2-5,11,13H,6-7H2,1H3;;/q;+1;/p-1. The molecule has 0 aromatic heterocycles. The van der Waals surface area contributed by atoms with Crippen LogP contribution in [-0.2, 0) is 5.41 Å². The quantitative estimate of drug-likeness (QED) is 0.765. The fourth-order valence-corrected chi connectivity index (χ4v) is 3.17. The first-order valence-corrected chi connectivity index (χ1v) is 6.99. The van der Waals surface area contributed by atoms with E-state index in [1.807, 2.05) is 12.1 Å². The van der Waals surface area contributed by atoms with Crippen molar-refractivity contribution in [2.75, 3.05) is 13.1 Å². The van der Waals surface area contributed by atoms with Gasteiger partial charge in [0, 0.05) is 0 Å². The molecule has 3 nitrogen and oxygen atoms in total. The van der Waals surface area contributed by atoms with E-state index in [0.29, 0.717) is 8.52 Å². The summed E-state index contributed by atoms with van der Waals surface area (Å²) in [7, 11) is 0.635. The number of nitrogens with zero attached hydrogens (tertiary/aromatic N) is 1. The predicted molar refractivity (Wildman–Crippen MR) is 62.8 cm³/mol. The molecule has 0 bridgehead atoms. The molecule has 2 rings (SSSR count). The molecular formula is C10H13N2OPPo. The Morgan fingerprint density at radius 1 is 1.40 bits per heavy atom. The van der Waals surface area contributed by atoms with Gasteiger partial charge in [0.1, 0.15) is 0 Å². The zero-order valence-electron chi connectivity index (χ0n) is 8.47. The van der Waals surface area contributed by atoms with Crippen molar-refractivity contribution < 1.29 is 2.77 Å². The van der Waals surface area contributed by atoms with Crippen LogP contribution in [0.1, 0.15) is 12.5 Å². The first kappa shape index (κ1) is 11.5. The monoisotopic (exact) mass is 417 g/mol. The second-order valence-electron chi connectivity index (χ2n) is 4.10. The van der Waals surface area contributed by atoms with E-state index in [1.165, 1.54) is 5.56 Å². The Morgan fingerprint density at radius 2 is 2.00 bits per heavy atom. The van der Waals surface area contributed by atoms with Crippen LogP contribution in [0.4, 0.5) is 0 Å². The van der Waals surface area contributed by atoms with Gasteiger partial charge in [-0.1, -0.05) is 0 Å². The molecule has 0 unspecified atom stereocenters. The molecule has 0 radical (unpaired) electrons. The average Bonchev–Trinajstić information content (AvgIpc) is 2.25. The topological polar surface area (TPSA) is 36.3 Å². The number of hydrogen-bond donors (Lipinski definition) is 1. The molecule has 1 heterocycles. The van der Waals surface area contributed by atoms with Gasteiger partial charge in [0.05, 0.1) is 0 Å². The molecular weight excluding hydrogens is 404 g/mol. The van der Waals surface area contributed by atoms with E-state index in [9.17, 15) is 0 Å². The van der Waals surface area contributed by atoms with Crippen LogP contribution in [0.3, 0.4) is 0 Å². The van der Waals surface area contributed by atoms with Crippen LogP contribution in [0.15, 0.2) is 24.3 Å². The third-order valence-electron chi connectivity index (χ3n) is 2.86. The first-order chi connectivity index (χ1) is 7.18. The second-order valence-corrected chi connectivity index (χ2v) is 5.57. The maximum atomic E-state index is 7.24. The van der Waals surface area contributed by atoms with E-state index in [1.54, 1.807) is 0 Å². The molecule has 15 heavy (non-hydrogen) atoms. The number of benzene rings is 1. The third-order valence-corrected chi connectivity index (χ3v) is 4.25. The van der Waals surface area contributed by atoms with Crippen molar-refractivity contribution in [2.45, 2.75) is 12.3 Å². The molecule has 5 heteroatoms. The van der Waals surface area contributed by atoms with E-state index in [2.05, 4.69) is 23.7 Å². The number of nitrogens with one attached hydrogen (secondary N) is 1. The Labute approximate surface area is 107 Å². The summed E-state index contributed by atoms with van der Waals surface area (Å²) in [5.41, 5.74) is 1.58.